The molecule has 0 radical (unpaired) electrons. The van der Waals surface area contributed by atoms with Gasteiger partial charge in [-0.2, -0.15) is 0 Å². The number of hydrogen-bond donors (Lipinski definition) is 1. The predicted octanol–water partition coefficient (Wildman–Crippen LogP) is 1.85. The zero-order chi connectivity index (χ0) is 12.4. The van der Waals surface area contributed by atoms with E-state index in [0.717, 1.165) is 19.3 Å². The molecule has 0 aromatic heterocycles. The van der Waals surface area contributed by atoms with Crippen LogP contribution in [0.1, 0.15) is 40.0 Å². The van der Waals surface area contributed by atoms with Gasteiger partial charge in [-0.1, -0.05) is 19.8 Å². The van der Waals surface area contributed by atoms with Crippen LogP contribution >= 0.6 is 0 Å². The first-order valence-electron chi connectivity index (χ1n) is 5.71. The number of unbranched alkanes of at least 4 members (excludes halogenated alkanes) is 2. The minimum atomic E-state index is -0.666. The van der Waals surface area contributed by atoms with E-state index < -0.39 is 18.1 Å². The van der Waals surface area contributed by atoms with Crippen LogP contribution in [0.5, 0.6) is 0 Å². The second kappa shape index (κ2) is 9.00. The maximum atomic E-state index is 11.4. The highest BCUT2D eigenvalue weighted by atomic mass is 16.6. The van der Waals surface area contributed by atoms with Crippen LogP contribution in [0.2, 0.25) is 0 Å². The molecule has 16 heavy (non-hydrogen) atoms. The molecule has 1 unspecified atom stereocenters. The van der Waals surface area contributed by atoms with Crippen molar-refractivity contribution in [2.75, 3.05) is 13.2 Å². The summed E-state index contributed by atoms with van der Waals surface area (Å²) in [4.78, 5) is 22.3. The minimum absolute atomic E-state index is 0.282. The SMILES string of the molecule is CCCCCOC(=O)C(C)NC(=O)OCC. The standard InChI is InChI=1S/C11H21NO4/c1-4-6-7-8-16-10(13)9(3)12-11(14)15-5-2/h9H,4-8H2,1-3H3,(H,12,14). The molecule has 0 aromatic rings. The molecule has 94 valence electrons. The Morgan fingerprint density at radius 2 is 1.88 bits per heavy atom. The van der Waals surface area contributed by atoms with E-state index in [1.807, 2.05) is 0 Å². The zero-order valence-electron chi connectivity index (χ0n) is 10.2. The molecule has 0 rings (SSSR count). The number of alkyl carbamates (subject to hydrolysis) is 1. The summed E-state index contributed by atoms with van der Waals surface area (Å²) < 4.78 is 9.62. The van der Waals surface area contributed by atoms with Crippen LogP contribution in [0, 0.1) is 0 Å². The summed E-state index contributed by atoms with van der Waals surface area (Å²) >= 11 is 0. The van der Waals surface area contributed by atoms with Gasteiger partial charge in [-0.15, -0.1) is 0 Å². The molecule has 1 atom stereocenters. The van der Waals surface area contributed by atoms with E-state index in [0.29, 0.717) is 6.61 Å². The fourth-order valence-corrected chi connectivity index (χ4v) is 1.06. The van der Waals surface area contributed by atoms with Crippen LogP contribution in [0.4, 0.5) is 4.79 Å². The molecule has 1 N–H and O–H groups in total. The largest absolute Gasteiger partial charge is 0.464 e. The molecule has 0 aliphatic rings. The second-order valence-electron chi connectivity index (χ2n) is 3.46. The van der Waals surface area contributed by atoms with Crippen molar-refractivity contribution in [3.63, 3.8) is 0 Å². The van der Waals surface area contributed by atoms with Crippen molar-refractivity contribution in [1.29, 1.82) is 0 Å². The molecule has 0 saturated carbocycles. The van der Waals surface area contributed by atoms with E-state index >= 15 is 0 Å². The molecule has 0 aliphatic carbocycles. The third-order valence-electron chi connectivity index (χ3n) is 1.96. The summed E-state index contributed by atoms with van der Waals surface area (Å²) in [5.74, 6) is -0.427. The maximum Gasteiger partial charge on any atom is 0.407 e. The molecule has 0 spiro atoms. The topological polar surface area (TPSA) is 64.6 Å². The number of ether oxygens (including phenoxy) is 2. The van der Waals surface area contributed by atoms with Crippen LogP contribution in [0.25, 0.3) is 0 Å². The minimum Gasteiger partial charge on any atom is -0.464 e. The number of amides is 1. The molecule has 1 amide bonds. The maximum absolute atomic E-state index is 11.4. The summed E-state index contributed by atoms with van der Waals surface area (Å²) in [6.07, 6.45) is 2.37. The number of esters is 1. The number of nitrogens with one attached hydrogen (secondary N) is 1. The number of hydrogen-bond acceptors (Lipinski definition) is 4. The van der Waals surface area contributed by atoms with E-state index in [1.54, 1.807) is 13.8 Å². The Morgan fingerprint density at radius 3 is 2.44 bits per heavy atom. The zero-order valence-corrected chi connectivity index (χ0v) is 10.2. The fourth-order valence-electron chi connectivity index (χ4n) is 1.06. The Hall–Kier alpha value is -1.26. The van der Waals surface area contributed by atoms with Gasteiger partial charge >= 0.3 is 12.1 Å². The Kier molecular flexibility index (Phi) is 8.29. The lowest BCUT2D eigenvalue weighted by atomic mass is 10.3. The van der Waals surface area contributed by atoms with Gasteiger partial charge in [0, 0.05) is 0 Å². The molecule has 0 saturated heterocycles. The molecule has 0 aliphatic heterocycles. The van der Waals surface area contributed by atoms with Crippen molar-refractivity contribution in [2.24, 2.45) is 0 Å². The van der Waals surface area contributed by atoms with E-state index in [9.17, 15) is 9.59 Å². The second-order valence-corrected chi connectivity index (χ2v) is 3.46. The molecule has 5 nitrogen and oxygen atoms in total. The molecular weight excluding hydrogens is 210 g/mol. The smallest absolute Gasteiger partial charge is 0.407 e. The van der Waals surface area contributed by atoms with Crippen LogP contribution < -0.4 is 5.32 Å². The van der Waals surface area contributed by atoms with Gasteiger partial charge in [0.15, 0.2) is 0 Å². The van der Waals surface area contributed by atoms with Crippen molar-refractivity contribution in [3.8, 4) is 0 Å². The van der Waals surface area contributed by atoms with E-state index in [1.165, 1.54) is 0 Å². The normalized spacial score (nSPS) is 11.7. The van der Waals surface area contributed by atoms with Crippen LogP contribution in [0.3, 0.4) is 0 Å². The number of rotatable bonds is 7. The predicted molar refractivity (Wildman–Crippen MR) is 60.1 cm³/mol. The van der Waals surface area contributed by atoms with Gasteiger partial charge in [0.2, 0.25) is 0 Å². The quantitative estimate of drug-likeness (QED) is 0.536. The Balaban J connectivity index is 3.68. The van der Waals surface area contributed by atoms with Crippen molar-refractivity contribution in [2.45, 2.75) is 46.1 Å². The average Bonchev–Trinajstić information content (AvgIpc) is 2.24. The number of carbonyl (C=O) groups is 2. The van der Waals surface area contributed by atoms with E-state index in [-0.39, 0.29) is 6.61 Å². The van der Waals surface area contributed by atoms with Crippen molar-refractivity contribution in [1.82, 2.24) is 5.32 Å². The van der Waals surface area contributed by atoms with Gasteiger partial charge < -0.3 is 14.8 Å². The Morgan fingerprint density at radius 1 is 1.19 bits per heavy atom. The van der Waals surface area contributed by atoms with E-state index in [2.05, 4.69) is 17.0 Å². The van der Waals surface area contributed by atoms with Gasteiger partial charge in [0.05, 0.1) is 13.2 Å². The Labute approximate surface area is 96.5 Å². The number of carbonyl (C=O) groups excluding carboxylic acids is 2. The lowest BCUT2D eigenvalue weighted by Gasteiger charge is -2.12. The van der Waals surface area contributed by atoms with Gasteiger partial charge in [-0.05, 0) is 20.3 Å². The Bertz CT molecular complexity index is 218. The lowest BCUT2D eigenvalue weighted by molar-refractivity contribution is -0.145. The summed E-state index contributed by atoms with van der Waals surface area (Å²) in [5.41, 5.74) is 0. The molecule has 5 heteroatoms. The molecular formula is C11H21NO4. The highest BCUT2D eigenvalue weighted by molar-refractivity contribution is 5.80. The average molecular weight is 231 g/mol. The lowest BCUT2D eigenvalue weighted by Crippen LogP contribution is -2.39. The summed E-state index contributed by atoms with van der Waals surface area (Å²) in [5, 5.41) is 2.39. The van der Waals surface area contributed by atoms with Crippen molar-refractivity contribution >= 4 is 12.1 Å². The van der Waals surface area contributed by atoms with Crippen LogP contribution in [-0.2, 0) is 14.3 Å². The van der Waals surface area contributed by atoms with E-state index in [4.69, 9.17) is 4.74 Å². The molecule has 0 heterocycles. The third kappa shape index (κ3) is 7.09. The first kappa shape index (κ1) is 14.7. The first-order chi connectivity index (χ1) is 7.61. The fraction of sp³-hybridized carbons (Fsp3) is 0.818. The van der Waals surface area contributed by atoms with Crippen molar-refractivity contribution < 1.29 is 19.1 Å². The van der Waals surface area contributed by atoms with Crippen LogP contribution in [-0.4, -0.2) is 31.3 Å². The molecule has 0 fully saturated rings. The van der Waals surface area contributed by atoms with Crippen molar-refractivity contribution in [3.05, 3.63) is 0 Å². The highest BCUT2D eigenvalue weighted by Crippen LogP contribution is 1.96. The third-order valence-corrected chi connectivity index (χ3v) is 1.96. The van der Waals surface area contributed by atoms with Gasteiger partial charge in [0.25, 0.3) is 0 Å². The van der Waals surface area contributed by atoms with Gasteiger partial charge in [-0.25, -0.2) is 9.59 Å². The summed E-state index contributed by atoms with van der Waals surface area (Å²) in [6.45, 7) is 6.03. The van der Waals surface area contributed by atoms with Gasteiger partial charge in [0.1, 0.15) is 6.04 Å². The monoisotopic (exact) mass is 231 g/mol. The van der Waals surface area contributed by atoms with Crippen LogP contribution in [0.15, 0.2) is 0 Å². The highest BCUT2D eigenvalue weighted by Gasteiger charge is 2.16. The molecule has 0 aromatic carbocycles. The summed E-state index contributed by atoms with van der Waals surface area (Å²) in [6, 6.07) is -0.666. The first-order valence-corrected chi connectivity index (χ1v) is 5.71. The summed E-state index contributed by atoms with van der Waals surface area (Å²) in [7, 11) is 0. The molecule has 0 bridgehead atoms. The van der Waals surface area contributed by atoms with Gasteiger partial charge in [-0.3, -0.25) is 0 Å².